The molecule has 8 nitrogen and oxygen atoms in total. The number of hydrogen-bond acceptors (Lipinski definition) is 6. The van der Waals surface area contributed by atoms with Crippen LogP contribution in [-0.4, -0.2) is 80.6 Å². The molecule has 0 saturated heterocycles. The van der Waals surface area contributed by atoms with Crippen molar-refractivity contribution in [1.82, 2.24) is 0 Å². The van der Waals surface area contributed by atoms with Gasteiger partial charge in [-0.25, -0.2) is 4.79 Å². The number of nitrogens with zero attached hydrogens (tertiary/aromatic N) is 1. The van der Waals surface area contributed by atoms with Crippen LogP contribution in [0.4, 0.5) is 0 Å². The average Bonchev–Trinajstić information content (AvgIpc) is 3.03. The minimum Gasteiger partial charge on any atom is -0.477 e. The highest BCUT2D eigenvalue weighted by molar-refractivity contribution is 5.72. The Morgan fingerprint density at radius 3 is 1.65 bits per heavy atom. The number of rotatable bonds is 34. The zero-order valence-corrected chi connectivity index (χ0v) is 31.7. The molecule has 0 rings (SSSR count). The van der Waals surface area contributed by atoms with E-state index < -0.39 is 18.1 Å². The number of esters is 2. The summed E-state index contributed by atoms with van der Waals surface area (Å²) in [6, 6.07) is -0.609. The number of unbranched alkanes of at least 4 members (excludes halogenated alkanes) is 16. The zero-order valence-electron chi connectivity index (χ0n) is 31.7. The van der Waals surface area contributed by atoms with Gasteiger partial charge in [0.25, 0.3) is 0 Å². The molecule has 0 aliphatic carbocycles. The van der Waals surface area contributed by atoms with Crippen molar-refractivity contribution in [1.29, 1.82) is 0 Å². The lowest BCUT2D eigenvalue weighted by Gasteiger charge is -2.31. The first-order chi connectivity index (χ1) is 23.1. The van der Waals surface area contributed by atoms with Crippen molar-refractivity contribution < 1.29 is 38.2 Å². The van der Waals surface area contributed by atoms with Crippen LogP contribution in [-0.2, 0) is 28.6 Å². The Bertz CT molecular complexity index is 849. The third-order valence-corrected chi connectivity index (χ3v) is 8.60. The van der Waals surface area contributed by atoms with Crippen LogP contribution in [0.25, 0.3) is 0 Å². The van der Waals surface area contributed by atoms with Crippen molar-refractivity contribution in [2.75, 3.05) is 41.0 Å². The quantitative estimate of drug-likeness (QED) is 0.0313. The molecule has 0 saturated carbocycles. The van der Waals surface area contributed by atoms with Crippen LogP contribution in [0.1, 0.15) is 162 Å². The second-order valence-electron chi connectivity index (χ2n) is 14.2. The molecule has 0 aliphatic heterocycles. The summed E-state index contributed by atoms with van der Waals surface area (Å²) in [7, 11) is 5.50. The summed E-state index contributed by atoms with van der Waals surface area (Å²) in [4.78, 5) is 36.3. The maximum absolute atomic E-state index is 12.6. The fourth-order valence-corrected chi connectivity index (χ4v) is 5.53. The molecule has 0 amide bonds. The molecule has 0 bridgehead atoms. The lowest BCUT2D eigenvalue weighted by atomic mass is 10.1. The number of carboxylic acids is 1. The number of carbonyl (C=O) groups excluding carboxylic acids is 2. The summed E-state index contributed by atoms with van der Waals surface area (Å²) in [5, 5.41) is 9.53. The number of quaternary nitrogens is 1. The van der Waals surface area contributed by atoms with E-state index in [4.69, 9.17) is 14.2 Å². The van der Waals surface area contributed by atoms with Crippen molar-refractivity contribution >= 4 is 17.9 Å². The first-order valence-corrected chi connectivity index (χ1v) is 19.4. The highest BCUT2D eigenvalue weighted by Gasteiger charge is 2.31. The molecule has 0 aromatic heterocycles. The van der Waals surface area contributed by atoms with E-state index in [1.807, 2.05) is 21.1 Å². The second kappa shape index (κ2) is 32.0. The summed E-state index contributed by atoms with van der Waals surface area (Å²) >= 11 is 0. The molecule has 8 heteroatoms. The molecular formula is C40H74NO7+. The van der Waals surface area contributed by atoms with E-state index in [2.05, 4.69) is 38.2 Å². The minimum atomic E-state index is -0.879. The number of likely N-dealkylation sites (N-methyl/N-ethyl adjacent to an activating group) is 1. The number of aliphatic carboxylic acids is 1. The van der Waals surface area contributed by atoms with E-state index in [9.17, 15) is 19.5 Å². The van der Waals surface area contributed by atoms with Gasteiger partial charge in [-0.3, -0.25) is 9.59 Å². The highest BCUT2D eigenvalue weighted by Crippen LogP contribution is 2.14. The predicted octanol–water partition coefficient (Wildman–Crippen LogP) is 9.74. The van der Waals surface area contributed by atoms with Gasteiger partial charge in [-0.15, -0.1) is 0 Å². The summed E-state index contributed by atoms with van der Waals surface area (Å²) in [6.07, 6.45) is 32.9. The predicted molar refractivity (Wildman–Crippen MR) is 197 cm³/mol. The van der Waals surface area contributed by atoms with Gasteiger partial charge in [0.15, 0.2) is 12.1 Å². The van der Waals surface area contributed by atoms with Crippen molar-refractivity contribution in [2.45, 2.75) is 174 Å². The van der Waals surface area contributed by atoms with Gasteiger partial charge in [-0.1, -0.05) is 122 Å². The van der Waals surface area contributed by atoms with E-state index in [-0.39, 0.29) is 36.2 Å². The number of allylic oxidation sites excluding steroid dienone is 4. The number of ether oxygens (including phenoxy) is 3. The first-order valence-electron chi connectivity index (χ1n) is 19.4. The largest absolute Gasteiger partial charge is 0.477 e. The molecule has 2 unspecified atom stereocenters. The zero-order chi connectivity index (χ0) is 35.7. The van der Waals surface area contributed by atoms with Crippen LogP contribution < -0.4 is 0 Å². The Balaban J connectivity index is 4.09. The molecule has 0 fully saturated rings. The van der Waals surface area contributed by atoms with Gasteiger partial charge in [0.05, 0.1) is 34.4 Å². The standard InChI is InChI=1S/C40H73NO7/c1-6-8-10-11-12-13-14-15-16-17-18-19-20-21-22-23-24-25-26-27-29-31-39(43)48-36(35-47-38(42)30-28-9-7-2)34-46-33-32-37(40(44)45)41(3,4)5/h14-15,17-18,36-37H,6-13,16,19-35H2,1-5H3/p+1/b15-14-,18-17-. The fourth-order valence-electron chi connectivity index (χ4n) is 5.53. The molecule has 0 aromatic carbocycles. The summed E-state index contributed by atoms with van der Waals surface area (Å²) in [5.74, 6) is -1.50. The molecule has 280 valence electrons. The van der Waals surface area contributed by atoms with Crippen molar-refractivity contribution in [3.8, 4) is 0 Å². The molecule has 0 spiro atoms. The molecule has 0 aromatic rings. The first kappa shape index (κ1) is 45.8. The second-order valence-corrected chi connectivity index (χ2v) is 14.2. The van der Waals surface area contributed by atoms with E-state index in [1.54, 1.807) is 0 Å². The van der Waals surface area contributed by atoms with Crippen LogP contribution in [0.2, 0.25) is 0 Å². The van der Waals surface area contributed by atoms with E-state index >= 15 is 0 Å². The van der Waals surface area contributed by atoms with Gasteiger partial charge in [0.1, 0.15) is 6.61 Å². The van der Waals surface area contributed by atoms with Crippen LogP contribution in [0, 0.1) is 0 Å². The number of hydrogen-bond donors (Lipinski definition) is 1. The Labute approximate surface area is 294 Å². The minimum absolute atomic E-state index is 0.0542. The van der Waals surface area contributed by atoms with Crippen LogP contribution >= 0.6 is 0 Å². The SMILES string of the molecule is CCCCCCC/C=C\C/C=C\CCCCCCCCCCCC(=O)OC(COCCC(C(=O)O)[N+](C)(C)C)COC(=O)CCCCC. The monoisotopic (exact) mass is 681 g/mol. The van der Waals surface area contributed by atoms with Crippen LogP contribution in [0.5, 0.6) is 0 Å². The fraction of sp³-hybridized carbons (Fsp3) is 0.825. The maximum Gasteiger partial charge on any atom is 0.362 e. The lowest BCUT2D eigenvalue weighted by Crippen LogP contribution is -2.50. The Morgan fingerprint density at radius 1 is 0.625 bits per heavy atom. The van der Waals surface area contributed by atoms with Gasteiger partial charge < -0.3 is 23.8 Å². The number of carboxylic acid groups (broad SMARTS) is 1. The average molecular weight is 681 g/mol. The van der Waals surface area contributed by atoms with Crippen molar-refractivity contribution in [3.05, 3.63) is 24.3 Å². The molecular weight excluding hydrogens is 606 g/mol. The normalized spacial score (nSPS) is 13.3. The van der Waals surface area contributed by atoms with Crippen molar-refractivity contribution in [2.24, 2.45) is 0 Å². The van der Waals surface area contributed by atoms with E-state index in [1.165, 1.54) is 83.5 Å². The van der Waals surface area contributed by atoms with E-state index in [0.717, 1.165) is 44.9 Å². The van der Waals surface area contributed by atoms with Gasteiger partial charge in [0, 0.05) is 19.3 Å². The van der Waals surface area contributed by atoms with Gasteiger partial charge in [-0.05, 0) is 44.9 Å². The molecule has 1 N–H and O–H groups in total. The van der Waals surface area contributed by atoms with Crippen LogP contribution in [0.3, 0.4) is 0 Å². The highest BCUT2D eigenvalue weighted by atomic mass is 16.6. The van der Waals surface area contributed by atoms with Crippen LogP contribution in [0.15, 0.2) is 24.3 Å². The molecule has 0 aliphatic rings. The number of carbonyl (C=O) groups is 3. The van der Waals surface area contributed by atoms with Gasteiger partial charge >= 0.3 is 17.9 Å². The van der Waals surface area contributed by atoms with E-state index in [0.29, 0.717) is 19.3 Å². The Hall–Kier alpha value is -2.19. The third kappa shape index (κ3) is 29.9. The maximum atomic E-state index is 12.6. The van der Waals surface area contributed by atoms with Gasteiger partial charge in [-0.2, -0.15) is 0 Å². The molecule has 0 heterocycles. The Morgan fingerprint density at radius 2 is 1.10 bits per heavy atom. The lowest BCUT2D eigenvalue weighted by molar-refractivity contribution is -0.887. The topological polar surface area (TPSA) is 99.1 Å². The summed E-state index contributed by atoms with van der Waals surface area (Å²) in [5.41, 5.74) is 0. The summed E-state index contributed by atoms with van der Waals surface area (Å²) < 4.78 is 17.0. The third-order valence-electron chi connectivity index (χ3n) is 8.60. The summed E-state index contributed by atoms with van der Waals surface area (Å²) in [6.45, 7) is 4.55. The van der Waals surface area contributed by atoms with Gasteiger partial charge in [0.2, 0.25) is 0 Å². The Kier molecular flexibility index (Phi) is 30.6. The van der Waals surface area contributed by atoms with Crippen molar-refractivity contribution in [3.63, 3.8) is 0 Å². The molecule has 0 radical (unpaired) electrons. The molecule has 2 atom stereocenters. The smallest absolute Gasteiger partial charge is 0.362 e. The molecule has 48 heavy (non-hydrogen) atoms.